The van der Waals surface area contributed by atoms with Gasteiger partial charge in [-0.2, -0.15) is 0 Å². The van der Waals surface area contributed by atoms with Crippen molar-refractivity contribution in [3.63, 3.8) is 0 Å². The predicted octanol–water partition coefficient (Wildman–Crippen LogP) is 2.52. The monoisotopic (exact) mass is 288 g/mol. The van der Waals surface area contributed by atoms with Crippen LogP contribution in [0.3, 0.4) is 0 Å². The van der Waals surface area contributed by atoms with E-state index in [-0.39, 0.29) is 22.9 Å². The van der Waals surface area contributed by atoms with E-state index in [0.29, 0.717) is 5.56 Å². The smallest absolute Gasteiger partial charge is 0.331 e. The van der Waals surface area contributed by atoms with Crippen LogP contribution in [0.2, 0.25) is 0 Å². The molecule has 0 aliphatic heterocycles. The maximum absolute atomic E-state index is 12.1. The van der Waals surface area contributed by atoms with Crippen LogP contribution in [-0.4, -0.2) is 14.7 Å². The van der Waals surface area contributed by atoms with E-state index in [2.05, 4.69) is 4.98 Å². The number of aromatic hydroxyl groups is 1. The Kier molecular flexibility index (Phi) is 3.77. The van der Waals surface area contributed by atoms with Crippen molar-refractivity contribution in [1.29, 1.82) is 0 Å². The lowest BCUT2D eigenvalue weighted by molar-refractivity contribution is 0.232. The number of nitrogens with zero attached hydrogens (tertiary/aromatic N) is 1. The van der Waals surface area contributed by atoms with Crippen LogP contribution in [0, 0.1) is 5.41 Å². The van der Waals surface area contributed by atoms with Gasteiger partial charge in [-0.3, -0.25) is 14.3 Å². The summed E-state index contributed by atoms with van der Waals surface area (Å²) in [4.78, 5) is 26.4. The average molecular weight is 288 g/mol. The van der Waals surface area contributed by atoms with E-state index in [4.69, 9.17) is 0 Å². The third-order valence-corrected chi connectivity index (χ3v) is 3.82. The van der Waals surface area contributed by atoms with Gasteiger partial charge in [-0.05, 0) is 17.9 Å². The molecular formula is C16H20N2O3. The number of H-pyrrole nitrogens is 1. The number of hydrogen-bond acceptors (Lipinski definition) is 3. The van der Waals surface area contributed by atoms with E-state index >= 15 is 0 Å². The zero-order valence-corrected chi connectivity index (χ0v) is 12.7. The second kappa shape index (κ2) is 5.24. The Labute approximate surface area is 122 Å². The molecule has 1 heterocycles. The van der Waals surface area contributed by atoms with Gasteiger partial charge in [-0.25, -0.2) is 4.79 Å². The number of nitrogens with one attached hydrogen (secondary N) is 1. The maximum Gasteiger partial charge on any atom is 0.331 e. The van der Waals surface area contributed by atoms with Gasteiger partial charge in [0.1, 0.15) is 5.56 Å². The zero-order valence-electron chi connectivity index (χ0n) is 12.7. The van der Waals surface area contributed by atoms with Crippen LogP contribution in [0.15, 0.2) is 39.9 Å². The number of aromatic nitrogens is 2. The summed E-state index contributed by atoms with van der Waals surface area (Å²) in [5, 5.41) is 10.5. The molecule has 0 fully saturated rings. The molecule has 2 aromatic rings. The maximum atomic E-state index is 12.1. The predicted molar refractivity (Wildman–Crippen MR) is 82.6 cm³/mol. The van der Waals surface area contributed by atoms with Crippen molar-refractivity contribution in [2.75, 3.05) is 0 Å². The van der Waals surface area contributed by atoms with Gasteiger partial charge in [0.05, 0.1) is 0 Å². The molecule has 0 aliphatic carbocycles. The molecule has 0 radical (unpaired) electrons. The van der Waals surface area contributed by atoms with Crippen LogP contribution >= 0.6 is 0 Å². The summed E-state index contributed by atoms with van der Waals surface area (Å²) in [5.41, 5.74) is -0.730. The van der Waals surface area contributed by atoms with E-state index in [1.54, 1.807) is 24.3 Å². The van der Waals surface area contributed by atoms with Gasteiger partial charge < -0.3 is 5.11 Å². The van der Waals surface area contributed by atoms with Crippen molar-refractivity contribution in [2.45, 2.75) is 33.7 Å². The Hall–Kier alpha value is -2.30. The molecule has 2 N–H and O–H groups in total. The highest BCUT2D eigenvalue weighted by Crippen LogP contribution is 2.33. The lowest BCUT2D eigenvalue weighted by Crippen LogP contribution is -2.36. The lowest BCUT2D eigenvalue weighted by Gasteiger charge is -2.29. The van der Waals surface area contributed by atoms with Crippen LogP contribution in [-0.2, 0) is 0 Å². The minimum Gasteiger partial charge on any atom is -0.494 e. The Morgan fingerprint density at radius 3 is 2.24 bits per heavy atom. The van der Waals surface area contributed by atoms with Gasteiger partial charge in [0.2, 0.25) is 5.88 Å². The van der Waals surface area contributed by atoms with Crippen molar-refractivity contribution < 1.29 is 5.11 Å². The first-order valence-electron chi connectivity index (χ1n) is 6.86. The van der Waals surface area contributed by atoms with Crippen molar-refractivity contribution >= 4 is 0 Å². The van der Waals surface area contributed by atoms with Crippen LogP contribution in [0.5, 0.6) is 5.88 Å². The van der Waals surface area contributed by atoms with E-state index in [9.17, 15) is 14.7 Å². The summed E-state index contributed by atoms with van der Waals surface area (Å²) in [6, 6.07) is 8.54. The Bertz CT molecular complexity index is 752. The third kappa shape index (κ3) is 2.77. The highest BCUT2D eigenvalue weighted by atomic mass is 16.3. The van der Waals surface area contributed by atoms with Crippen LogP contribution in [0.4, 0.5) is 0 Å². The van der Waals surface area contributed by atoms with Crippen LogP contribution in [0.1, 0.15) is 33.7 Å². The van der Waals surface area contributed by atoms with Gasteiger partial charge >= 0.3 is 5.69 Å². The molecule has 0 spiro atoms. The molecule has 0 saturated heterocycles. The zero-order chi connectivity index (χ0) is 15.8. The summed E-state index contributed by atoms with van der Waals surface area (Å²) < 4.78 is 1.24. The molecule has 0 amide bonds. The minimum absolute atomic E-state index is 0.117. The molecule has 112 valence electrons. The van der Waals surface area contributed by atoms with Gasteiger partial charge in [0, 0.05) is 6.04 Å². The molecule has 5 nitrogen and oxygen atoms in total. The fourth-order valence-electron chi connectivity index (χ4n) is 2.15. The highest BCUT2D eigenvalue weighted by molar-refractivity contribution is 5.67. The average Bonchev–Trinajstić information content (AvgIpc) is 2.38. The highest BCUT2D eigenvalue weighted by Gasteiger charge is 2.27. The van der Waals surface area contributed by atoms with Crippen LogP contribution in [0.25, 0.3) is 11.1 Å². The molecule has 21 heavy (non-hydrogen) atoms. The lowest BCUT2D eigenvalue weighted by atomic mass is 9.87. The number of benzene rings is 1. The van der Waals surface area contributed by atoms with E-state index in [1.807, 2.05) is 33.8 Å². The molecule has 0 aliphatic rings. The standard InChI is InChI=1S/C16H20N2O3/c1-10(16(2,3)4)18-14(20)12(13(19)17-15(18)21)11-8-6-5-7-9-11/h5-10,20H,1-4H3,(H,17,19,21). The SMILES string of the molecule is CC(n1c(O)c(-c2ccccc2)c(=O)[nH]c1=O)C(C)(C)C. The van der Waals surface area contributed by atoms with Crippen LogP contribution < -0.4 is 11.2 Å². The second-order valence-electron chi connectivity index (χ2n) is 6.24. The van der Waals surface area contributed by atoms with E-state index < -0.39 is 11.2 Å². The Balaban J connectivity index is 2.76. The molecule has 2 rings (SSSR count). The second-order valence-corrected chi connectivity index (χ2v) is 6.24. The molecule has 1 unspecified atom stereocenters. The third-order valence-electron chi connectivity index (χ3n) is 3.82. The number of rotatable bonds is 2. The van der Waals surface area contributed by atoms with Crippen molar-refractivity contribution in [2.24, 2.45) is 5.41 Å². The summed E-state index contributed by atoms with van der Waals surface area (Å²) in [6.07, 6.45) is 0. The van der Waals surface area contributed by atoms with Crippen molar-refractivity contribution in [3.8, 4) is 17.0 Å². The molecule has 0 saturated carbocycles. The van der Waals surface area contributed by atoms with E-state index in [1.165, 1.54) is 4.57 Å². The Morgan fingerprint density at radius 1 is 1.14 bits per heavy atom. The molecule has 1 atom stereocenters. The molecule has 0 bridgehead atoms. The van der Waals surface area contributed by atoms with Gasteiger partial charge in [0.25, 0.3) is 5.56 Å². The summed E-state index contributed by atoms with van der Waals surface area (Å²) in [6.45, 7) is 7.75. The minimum atomic E-state index is -0.598. The molecular weight excluding hydrogens is 268 g/mol. The normalized spacial score (nSPS) is 13.1. The summed E-state index contributed by atoms with van der Waals surface area (Å²) in [5.74, 6) is -0.294. The fourth-order valence-corrected chi connectivity index (χ4v) is 2.15. The molecule has 1 aromatic heterocycles. The van der Waals surface area contributed by atoms with E-state index in [0.717, 1.165) is 0 Å². The largest absolute Gasteiger partial charge is 0.494 e. The number of hydrogen-bond donors (Lipinski definition) is 2. The van der Waals surface area contributed by atoms with Gasteiger partial charge in [0.15, 0.2) is 0 Å². The first-order chi connectivity index (χ1) is 9.73. The summed E-state index contributed by atoms with van der Waals surface area (Å²) >= 11 is 0. The Morgan fingerprint density at radius 2 is 1.71 bits per heavy atom. The number of aromatic amines is 1. The van der Waals surface area contributed by atoms with Crippen molar-refractivity contribution in [3.05, 3.63) is 51.2 Å². The molecule has 1 aromatic carbocycles. The topological polar surface area (TPSA) is 75.1 Å². The molecule has 5 heteroatoms. The first kappa shape index (κ1) is 15.1. The first-order valence-corrected chi connectivity index (χ1v) is 6.86. The summed E-state index contributed by atoms with van der Waals surface area (Å²) in [7, 11) is 0. The van der Waals surface area contributed by atoms with Crippen molar-refractivity contribution in [1.82, 2.24) is 9.55 Å². The van der Waals surface area contributed by atoms with Gasteiger partial charge in [-0.1, -0.05) is 51.1 Å². The fraction of sp³-hybridized carbons (Fsp3) is 0.375. The van der Waals surface area contributed by atoms with Gasteiger partial charge in [-0.15, -0.1) is 0 Å². The quantitative estimate of drug-likeness (QED) is 0.891.